The number of piperidine rings is 1. The number of aliphatic hydroxyl groups excluding tert-OH is 2. The van der Waals surface area contributed by atoms with Gasteiger partial charge in [-0.05, 0) is 108 Å². The number of hydrogen-bond donors (Lipinski definition) is 6. The van der Waals surface area contributed by atoms with Crippen LogP contribution in [0.3, 0.4) is 0 Å². The minimum Gasteiger partial charge on any atom is -0.459 e. The van der Waals surface area contributed by atoms with E-state index in [0.29, 0.717) is 75.7 Å². The van der Waals surface area contributed by atoms with E-state index in [1.165, 1.54) is 19.1 Å². The highest BCUT2D eigenvalue weighted by Gasteiger charge is 2.53. The molecule has 2 saturated heterocycles. The number of allylic oxidation sites excluding steroid dienone is 5. The van der Waals surface area contributed by atoms with Crippen molar-refractivity contribution in [3.05, 3.63) is 71.4 Å². The molecular weight excluding hydrogens is 1080 g/mol. The second kappa shape index (κ2) is 34.1. The van der Waals surface area contributed by atoms with Gasteiger partial charge in [-0.2, -0.15) is 0 Å². The summed E-state index contributed by atoms with van der Waals surface area (Å²) in [7, 11) is 4.59. The molecule has 22 heteroatoms. The van der Waals surface area contributed by atoms with Gasteiger partial charge in [0.05, 0.1) is 37.6 Å². The highest BCUT2D eigenvalue weighted by molar-refractivity contribution is 6.39. The molecule has 3 amide bonds. The zero-order valence-electron chi connectivity index (χ0n) is 51.1. The van der Waals surface area contributed by atoms with Crippen LogP contribution in [0.1, 0.15) is 136 Å². The topological polar surface area (TPSA) is 307 Å². The number of methoxy groups -OCH3 is 3. The number of aryl methyl sites for hydroxylation is 1. The quantitative estimate of drug-likeness (QED) is 0.0568. The molecule has 0 spiro atoms. The number of alkyl carbamates (subject to hydrolysis) is 1. The summed E-state index contributed by atoms with van der Waals surface area (Å²) in [5.74, 6) is -7.49. The van der Waals surface area contributed by atoms with Crippen LogP contribution in [0.15, 0.2) is 60.0 Å². The van der Waals surface area contributed by atoms with Crippen molar-refractivity contribution in [3.8, 4) is 0 Å². The van der Waals surface area contributed by atoms with Gasteiger partial charge in [0, 0.05) is 102 Å². The van der Waals surface area contributed by atoms with Gasteiger partial charge in [0.15, 0.2) is 5.78 Å². The molecule has 0 unspecified atom stereocenters. The number of nitrogens with one attached hydrogen (secondary N) is 2. The van der Waals surface area contributed by atoms with Crippen molar-refractivity contribution in [1.82, 2.24) is 25.5 Å². The Morgan fingerprint density at radius 1 is 0.821 bits per heavy atom. The number of rotatable bonds is 15. The average molecular weight is 1180 g/mol. The molecular formula is C62H96N6O16. The second-order valence-electron chi connectivity index (χ2n) is 23.6. The first-order valence-corrected chi connectivity index (χ1v) is 30.0. The Labute approximate surface area is 496 Å². The maximum absolute atomic E-state index is 14.7. The van der Waals surface area contributed by atoms with Crippen molar-refractivity contribution in [2.24, 2.45) is 35.3 Å². The molecule has 1 aromatic heterocycles. The van der Waals surface area contributed by atoms with E-state index in [-0.39, 0.29) is 69.7 Å². The van der Waals surface area contributed by atoms with Crippen LogP contribution in [0.25, 0.3) is 0 Å². The first kappa shape index (κ1) is 69.5. The summed E-state index contributed by atoms with van der Waals surface area (Å²) in [6, 6.07) is -2.02. The second-order valence-corrected chi connectivity index (χ2v) is 23.6. The summed E-state index contributed by atoms with van der Waals surface area (Å²) in [6.45, 7) is 13.3. The first-order chi connectivity index (χ1) is 40.0. The van der Waals surface area contributed by atoms with Gasteiger partial charge in [-0.1, -0.05) is 64.2 Å². The average Bonchev–Trinajstić information content (AvgIpc) is 1.60. The fraction of sp³-hybridized carbons (Fsp3) is 0.710. The fourth-order valence-electron chi connectivity index (χ4n) is 11.7. The Morgan fingerprint density at radius 3 is 2.25 bits per heavy atom. The lowest BCUT2D eigenvalue weighted by atomic mass is 9.80. The van der Waals surface area contributed by atoms with Crippen LogP contribution in [-0.2, 0) is 63.7 Å². The summed E-state index contributed by atoms with van der Waals surface area (Å²) in [4.78, 5) is 91.8. The number of amides is 3. The van der Waals surface area contributed by atoms with Crippen molar-refractivity contribution < 1.29 is 77.2 Å². The van der Waals surface area contributed by atoms with Crippen molar-refractivity contribution in [2.45, 2.75) is 205 Å². The summed E-state index contributed by atoms with van der Waals surface area (Å²) in [5.41, 5.74) is 9.07. The van der Waals surface area contributed by atoms with Crippen LogP contribution in [0.4, 0.5) is 4.79 Å². The third-order valence-corrected chi connectivity index (χ3v) is 17.0. The predicted molar refractivity (Wildman–Crippen MR) is 311 cm³/mol. The molecule has 84 heavy (non-hydrogen) atoms. The first-order valence-electron chi connectivity index (χ1n) is 30.0. The molecule has 2 bridgehead atoms. The molecule has 4 heterocycles. The minimum absolute atomic E-state index is 0.0415. The largest absolute Gasteiger partial charge is 0.459 e. The monoisotopic (exact) mass is 1180 g/mol. The standard InChI is InChI=1S/C62H96N6O16/c1-37-16-12-11-13-17-38(2)50(78-8)32-46-21-19-42(6)62(77,84-46)58(73)59(74)68-25-15-14-18-48(68)60(75)82-52(33-51(79-9)39(3)29-41(5)56(71)57(72)55(70)40(4)28-37)47(63)30-44-20-22-49(53(31-44)80-10)83-61(76)64-24-27-81-26-23-54(69)67-36-45-34-65-43(7)66-35-45/h11-13,16-17,29,34-35,37,39-40,42,44,46-53,56-57,71-72,77H,14-15,18-28,30-33,36,63H2,1-10H3,(H,64,76)(H,67,69)/b13-11?,16-12+,38-17?,41-29+/t37-,39-,40-,42-,44+,46+,47-,48+,49-,50+,51-,52+,53-,56-,57+,62-/m1/s1. The SMILES string of the molecule is CO[C@H]1C[C@@H]2CC[C@@H](C)[C@@](O)(O2)C(=O)C(=O)N2CCCC[C@H]2C(=O)O[C@H]([C@H](N)C[C@@H]2CC[C@@H](OC(=O)NCCOCCC(=O)NCc3cnc(C)nc3)[C@H](OC)C2)C[C@@H](OC)[C@H](C)/C=C(\C)[C@@H](O)[C@@H](O)C(=O)[C@H](C)C[C@H](C)/C=C/C=CC=C1C. The number of nitrogens with two attached hydrogens (primary N) is 1. The predicted octanol–water partition coefficient (Wildman–Crippen LogP) is 5.22. The third kappa shape index (κ3) is 20.4. The van der Waals surface area contributed by atoms with E-state index in [4.69, 9.17) is 38.9 Å². The molecule has 3 fully saturated rings. The van der Waals surface area contributed by atoms with Gasteiger partial charge in [-0.25, -0.2) is 19.6 Å². The molecule has 16 atom stereocenters. The lowest BCUT2D eigenvalue weighted by Gasteiger charge is -2.43. The molecule has 5 rings (SSSR count). The van der Waals surface area contributed by atoms with Crippen LogP contribution in [-0.4, -0.2) is 180 Å². The fourth-order valence-corrected chi connectivity index (χ4v) is 11.7. The third-order valence-electron chi connectivity index (χ3n) is 17.0. The van der Waals surface area contributed by atoms with E-state index in [0.717, 1.165) is 11.1 Å². The van der Waals surface area contributed by atoms with Crippen LogP contribution in [0.5, 0.6) is 0 Å². The maximum atomic E-state index is 14.7. The van der Waals surface area contributed by atoms with Crippen LogP contribution in [0, 0.1) is 36.5 Å². The van der Waals surface area contributed by atoms with Gasteiger partial charge >= 0.3 is 12.1 Å². The zero-order valence-corrected chi connectivity index (χ0v) is 51.1. The van der Waals surface area contributed by atoms with Gasteiger partial charge in [0.25, 0.3) is 11.7 Å². The van der Waals surface area contributed by atoms with Gasteiger partial charge in [0.2, 0.25) is 11.7 Å². The van der Waals surface area contributed by atoms with E-state index >= 15 is 0 Å². The maximum Gasteiger partial charge on any atom is 0.407 e. The van der Waals surface area contributed by atoms with Crippen LogP contribution < -0.4 is 16.4 Å². The van der Waals surface area contributed by atoms with Gasteiger partial charge in [-0.15, -0.1) is 0 Å². The van der Waals surface area contributed by atoms with Crippen molar-refractivity contribution >= 4 is 35.4 Å². The van der Waals surface area contributed by atoms with E-state index in [9.17, 15) is 44.1 Å². The van der Waals surface area contributed by atoms with Crippen molar-refractivity contribution in [3.63, 3.8) is 0 Å². The molecule has 1 aliphatic carbocycles. The number of nitrogens with zero attached hydrogens (tertiary/aromatic N) is 3. The Balaban J connectivity index is 1.31. The number of cyclic esters (lactones) is 1. The lowest BCUT2D eigenvalue weighted by molar-refractivity contribution is -0.265. The number of aromatic nitrogens is 2. The molecule has 1 aromatic rings. The Morgan fingerprint density at radius 2 is 1.55 bits per heavy atom. The molecule has 22 nitrogen and oxygen atoms in total. The minimum atomic E-state index is -2.47. The normalized spacial score (nSPS) is 33.6. The molecule has 4 aliphatic rings. The number of Topliss-reactive ketones (excluding diaryl/α,β-unsaturated/α-hetero) is 2. The van der Waals surface area contributed by atoms with E-state index in [1.54, 1.807) is 53.3 Å². The number of fused-ring (bicyclic) bond motifs is 3. The number of carbonyl (C=O) groups excluding carboxylic acids is 6. The highest BCUT2D eigenvalue weighted by Crippen LogP contribution is 2.38. The van der Waals surface area contributed by atoms with Crippen molar-refractivity contribution in [1.29, 1.82) is 0 Å². The van der Waals surface area contributed by atoms with E-state index in [1.807, 2.05) is 51.2 Å². The molecule has 470 valence electrons. The number of ketones is 2. The summed E-state index contributed by atoms with van der Waals surface area (Å²) < 4.78 is 41.7. The molecule has 1 saturated carbocycles. The molecule has 0 radical (unpaired) electrons. The highest BCUT2D eigenvalue weighted by atomic mass is 16.6. The molecule has 7 N–H and O–H groups in total. The van der Waals surface area contributed by atoms with E-state index < -0.39 is 114 Å². The van der Waals surface area contributed by atoms with Crippen LogP contribution >= 0.6 is 0 Å². The number of carbonyl (C=O) groups is 6. The smallest absolute Gasteiger partial charge is 0.407 e. The summed E-state index contributed by atoms with van der Waals surface area (Å²) in [5, 5.41) is 40.2. The van der Waals surface area contributed by atoms with Crippen molar-refractivity contribution in [2.75, 3.05) is 47.6 Å². The van der Waals surface area contributed by atoms with E-state index in [2.05, 4.69) is 20.6 Å². The number of hydrogen-bond acceptors (Lipinski definition) is 19. The summed E-state index contributed by atoms with van der Waals surface area (Å²) in [6.07, 6.45) is 11.4. The molecule has 3 aliphatic heterocycles. The van der Waals surface area contributed by atoms with Gasteiger partial charge < -0.3 is 69.7 Å². The van der Waals surface area contributed by atoms with Gasteiger partial charge in [-0.3, -0.25) is 19.2 Å². The Bertz CT molecular complexity index is 2440. The van der Waals surface area contributed by atoms with Crippen LogP contribution in [0.2, 0.25) is 0 Å². The zero-order chi connectivity index (χ0) is 61.7. The summed E-state index contributed by atoms with van der Waals surface area (Å²) >= 11 is 0. The Hall–Kier alpha value is -5.30. The molecule has 0 aromatic carbocycles. The Kier molecular flexibility index (Phi) is 28.2. The number of aliphatic hydroxyl groups is 3. The number of ether oxygens (including phenoxy) is 7. The lowest BCUT2D eigenvalue weighted by Crippen LogP contribution is -2.61. The van der Waals surface area contributed by atoms with Gasteiger partial charge in [0.1, 0.15) is 36.3 Å². The number of esters is 1.